The van der Waals surface area contributed by atoms with Crippen LogP contribution in [0, 0.1) is 0 Å². The minimum absolute atomic E-state index is 0.0891. The summed E-state index contributed by atoms with van der Waals surface area (Å²) >= 11 is 1.39. The summed E-state index contributed by atoms with van der Waals surface area (Å²) in [6.45, 7) is 0. The molecule has 2 aromatic rings. The van der Waals surface area contributed by atoms with Gasteiger partial charge in [0.25, 0.3) is 0 Å². The number of thiazole rings is 1. The molecule has 0 aliphatic rings. The molecule has 0 aliphatic heterocycles. The van der Waals surface area contributed by atoms with E-state index < -0.39 is 0 Å². The Morgan fingerprint density at radius 1 is 1.29 bits per heavy atom. The second-order valence-corrected chi connectivity index (χ2v) is 3.82. The third-order valence-corrected chi connectivity index (χ3v) is 2.69. The number of hydrogen-bond acceptors (Lipinski definition) is 3. The van der Waals surface area contributed by atoms with Gasteiger partial charge in [0.15, 0.2) is 10.8 Å². The smallest absolute Gasteiger partial charge is 0.195 e. The Morgan fingerprint density at radius 2 is 2.07 bits per heavy atom. The van der Waals surface area contributed by atoms with Gasteiger partial charge in [-0.3, -0.25) is 4.79 Å². The molecule has 3 heteroatoms. The lowest BCUT2D eigenvalue weighted by Crippen LogP contribution is -2.02. The summed E-state index contributed by atoms with van der Waals surface area (Å²) in [5, 5.41) is 2.41. The van der Waals surface area contributed by atoms with Crippen molar-refractivity contribution in [3.05, 3.63) is 52.5 Å². The molecule has 1 aromatic carbocycles. The average molecular weight is 203 g/mol. The van der Waals surface area contributed by atoms with E-state index in [9.17, 15) is 4.79 Å². The normalized spacial score (nSPS) is 10.0. The monoisotopic (exact) mass is 203 g/mol. The van der Waals surface area contributed by atoms with Crippen molar-refractivity contribution >= 4 is 17.1 Å². The summed E-state index contributed by atoms with van der Waals surface area (Å²) in [4.78, 5) is 15.6. The number of nitrogens with zero attached hydrogens (tertiary/aromatic N) is 1. The molecule has 0 unspecified atom stereocenters. The van der Waals surface area contributed by atoms with E-state index in [0.717, 1.165) is 5.56 Å². The van der Waals surface area contributed by atoms with Crippen LogP contribution in [-0.2, 0) is 6.42 Å². The average Bonchev–Trinajstić information content (AvgIpc) is 2.72. The van der Waals surface area contributed by atoms with Crippen molar-refractivity contribution in [2.75, 3.05) is 0 Å². The van der Waals surface area contributed by atoms with Crippen LogP contribution in [0.3, 0.4) is 0 Å². The number of Topliss-reactive ketones (excluding diaryl/α,β-unsaturated/α-hetero) is 1. The second kappa shape index (κ2) is 4.15. The number of carbonyl (C=O) groups excluding carboxylic acids is 1. The van der Waals surface area contributed by atoms with E-state index in [0.29, 0.717) is 11.4 Å². The zero-order chi connectivity index (χ0) is 9.80. The van der Waals surface area contributed by atoms with Crippen molar-refractivity contribution in [2.45, 2.75) is 6.42 Å². The van der Waals surface area contributed by atoms with Crippen LogP contribution in [0.5, 0.6) is 0 Å². The van der Waals surface area contributed by atoms with Gasteiger partial charge in [-0.15, -0.1) is 11.3 Å². The molecule has 0 atom stereocenters. The van der Waals surface area contributed by atoms with Crippen molar-refractivity contribution in [3.8, 4) is 0 Å². The van der Waals surface area contributed by atoms with Gasteiger partial charge in [0, 0.05) is 18.0 Å². The highest BCUT2D eigenvalue weighted by atomic mass is 32.1. The molecule has 0 spiro atoms. The molecule has 0 fully saturated rings. The summed E-state index contributed by atoms with van der Waals surface area (Å²) in [7, 11) is 0. The maximum Gasteiger partial charge on any atom is 0.195 e. The maximum atomic E-state index is 11.6. The van der Waals surface area contributed by atoms with Gasteiger partial charge in [-0.05, 0) is 5.56 Å². The summed E-state index contributed by atoms with van der Waals surface area (Å²) in [6, 6.07) is 9.71. The summed E-state index contributed by atoms with van der Waals surface area (Å²) in [5.41, 5.74) is 1.03. The molecule has 14 heavy (non-hydrogen) atoms. The third kappa shape index (κ3) is 2.06. The molecule has 2 rings (SSSR count). The van der Waals surface area contributed by atoms with Gasteiger partial charge in [-0.2, -0.15) is 0 Å². The SMILES string of the molecule is O=C(Cc1ccccc1)c1nccs1. The molecular weight excluding hydrogens is 194 g/mol. The molecule has 0 bridgehead atoms. The molecule has 2 nitrogen and oxygen atoms in total. The predicted octanol–water partition coefficient (Wildman–Crippen LogP) is 2.57. The lowest BCUT2D eigenvalue weighted by molar-refractivity contribution is 0.0992. The van der Waals surface area contributed by atoms with E-state index in [1.165, 1.54) is 11.3 Å². The molecule has 0 saturated carbocycles. The quantitative estimate of drug-likeness (QED) is 0.717. The van der Waals surface area contributed by atoms with E-state index in [1.54, 1.807) is 6.20 Å². The Hall–Kier alpha value is -1.48. The topological polar surface area (TPSA) is 30.0 Å². The van der Waals surface area contributed by atoms with Gasteiger partial charge in [0.05, 0.1) is 0 Å². The zero-order valence-electron chi connectivity index (χ0n) is 7.51. The molecule has 1 heterocycles. The first-order chi connectivity index (χ1) is 6.86. The van der Waals surface area contributed by atoms with Gasteiger partial charge in [0.1, 0.15) is 0 Å². The summed E-state index contributed by atoms with van der Waals surface area (Å²) in [5.74, 6) is 0.0891. The Morgan fingerprint density at radius 3 is 2.71 bits per heavy atom. The molecular formula is C11H9NOS. The van der Waals surface area contributed by atoms with Gasteiger partial charge in [-0.1, -0.05) is 30.3 Å². The van der Waals surface area contributed by atoms with Crippen molar-refractivity contribution in [2.24, 2.45) is 0 Å². The van der Waals surface area contributed by atoms with Gasteiger partial charge < -0.3 is 0 Å². The molecule has 1 aromatic heterocycles. The van der Waals surface area contributed by atoms with Crippen LogP contribution < -0.4 is 0 Å². The lowest BCUT2D eigenvalue weighted by atomic mass is 10.1. The second-order valence-electron chi connectivity index (χ2n) is 2.92. The largest absolute Gasteiger partial charge is 0.291 e. The highest BCUT2D eigenvalue weighted by molar-refractivity contribution is 7.11. The highest BCUT2D eigenvalue weighted by Gasteiger charge is 2.08. The minimum atomic E-state index is 0.0891. The molecule has 0 saturated heterocycles. The fourth-order valence-corrected chi connectivity index (χ4v) is 1.79. The van der Waals surface area contributed by atoms with E-state index in [1.807, 2.05) is 35.7 Å². The van der Waals surface area contributed by atoms with Gasteiger partial charge >= 0.3 is 0 Å². The molecule has 0 N–H and O–H groups in total. The Labute approximate surface area is 86.2 Å². The van der Waals surface area contributed by atoms with Crippen LogP contribution >= 0.6 is 11.3 Å². The zero-order valence-corrected chi connectivity index (χ0v) is 8.33. The van der Waals surface area contributed by atoms with E-state index in [2.05, 4.69) is 4.98 Å². The number of benzene rings is 1. The van der Waals surface area contributed by atoms with Crippen LogP contribution in [0.2, 0.25) is 0 Å². The third-order valence-electron chi connectivity index (χ3n) is 1.88. The molecule has 0 aliphatic carbocycles. The van der Waals surface area contributed by atoms with Crippen LogP contribution in [-0.4, -0.2) is 10.8 Å². The van der Waals surface area contributed by atoms with E-state index in [-0.39, 0.29) is 5.78 Å². The molecule has 70 valence electrons. The van der Waals surface area contributed by atoms with Crippen molar-refractivity contribution in [3.63, 3.8) is 0 Å². The number of carbonyl (C=O) groups is 1. The maximum absolute atomic E-state index is 11.6. The van der Waals surface area contributed by atoms with Crippen LogP contribution in [0.25, 0.3) is 0 Å². The van der Waals surface area contributed by atoms with Crippen molar-refractivity contribution in [1.29, 1.82) is 0 Å². The van der Waals surface area contributed by atoms with Gasteiger partial charge in [-0.25, -0.2) is 4.98 Å². The fraction of sp³-hybridized carbons (Fsp3) is 0.0909. The first-order valence-corrected chi connectivity index (χ1v) is 5.21. The Kier molecular flexibility index (Phi) is 2.70. The van der Waals surface area contributed by atoms with Gasteiger partial charge in [0.2, 0.25) is 0 Å². The Bertz CT molecular complexity index is 408. The standard InChI is InChI=1S/C11H9NOS/c13-10(11-12-6-7-14-11)8-9-4-2-1-3-5-9/h1-7H,8H2. The van der Waals surface area contributed by atoms with E-state index >= 15 is 0 Å². The number of hydrogen-bond donors (Lipinski definition) is 0. The summed E-state index contributed by atoms with van der Waals surface area (Å²) < 4.78 is 0. The first-order valence-electron chi connectivity index (χ1n) is 4.33. The van der Waals surface area contributed by atoms with Crippen molar-refractivity contribution < 1.29 is 4.79 Å². The number of aromatic nitrogens is 1. The van der Waals surface area contributed by atoms with Crippen molar-refractivity contribution in [1.82, 2.24) is 4.98 Å². The van der Waals surface area contributed by atoms with Crippen LogP contribution in [0.4, 0.5) is 0 Å². The minimum Gasteiger partial charge on any atom is -0.291 e. The fourth-order valence-electron chi connectivity index (χ4n) is 1.22. The number of ketones is 1. The predicted molar refractivity (Wildman–Crippen MR) is 56.6 cm³/mol. The highest BCUT2D eigenvalue weighted by Crippen LogP contribution is 2.09. The first kappa shape index (κ1) is 9.09. The lowest BCUT2D eigenvalue weighted by Gasteiger charge is -1.96. The van der Waals surface area contributed by atoms with Crippen LogP contribution in [0.15, 0.2) is 41.9 Å². The molecule has 0 amide bonds. The van der Waals surface area contributed by atoms with E-state index in [4.69, 9.17) is 0 Å². The number of rotatable bonds is 3. The van der Waals surface area contributed by atoms with Crippen LogP contribution in [0.1, 0.15) is 15.4 Å². The summed E-state index contributed by atoms with van der Waals surface area (Å²) in [6.07, 6.45) is 2.09. The Balaban J connectivity index is 2.10. The molecule has 0 radical (unpaired) electrons.